The average Bonchev–Trinajstić information content (AvgIpc) is 3.98. The Hall–Kier alpha value is -8.86. The van der Waals surface area contributed by atoms with Crippen molar-refractivity contribution in [1.82, 2.24) is 0 Å². The zero-order chi connectivity index (χ0) is 51.6. The van der Waals surface area contributed by atoms with Crippen LogP contribution >= 0.6 is 0 Å². The van der Waals surface area contributed by atoms with Crippen molar-refractivity contribution in [1.29, 1.82) is 0 Å². The number of fused-ring (bicyclic) bond motifs is 6. The highest BCUT2D eigenvalue weighted by Crippen LogP contribution is 2.58. The number of hydrogen-bond acceptors (Lipinski definition) is 4. The molecule has 4 heteroatoms. The van der Waals surface area contributed by atoms with Gasteiger partial charge in [0.1, 0.15) is 11.5 Å². The highest BCUT2D eigenvalue weighted by Gasteiger charge is 2.30. The molecule has 0 saturated heterocycles. The van der Waals surface area contributed by atoms with E-state index >= 15 is 0 Å². The summed E-state index contributed by atoms with van der Waals surface area (Å²) in [7, 11) is 0. The van der Waals surface area contributed by atoms with Gasteiger partial charge in [0.05, 0.1) is 24.6 Å². The molecule has 0 radical (unpaired) electrons. The van der Waals surface area contributed by atoms with Crippen LogP contribution in [0.15, 0.2) is 218 Å². The summed E-state index contributed by atoms with van der Waals surface area (Å²) in [6.07, 6.45) is 0. The van der Waals surface area contributed by atoms with E-state index in [9.17, 15) is 0 Å². The van der Waals surface area contributed by atoms with Gasteiger partial charge in [0, 0.05) is 33.5 Å². The maximum Gasteiger partial charge on any atom is 0.119 e. The molecule has 370 valence electrons. The number of rotatable bonds is 14. The van der Waals surface area contributed by atoms with Crippen LogP contribution in [0.3, 0.4) is 0 Å². The Morgan fingerprint density at radius 2 is 0.618 bits per heavy atom. The van der Waals surface area contributed by atoms with Crippen LogP contribution in [0.1, 0.15) is 64.5 Å². The highest BCUT2D eigenvalue weighted by molar-refractivity contribution is 6.47. The normalized spacial score (nSPS) is 11.9. The van der Waals surface area contributed by atoms with Gasteiger partial charge in [0.25, 0.3) is 0 Å². The number of anilines is 6. The topological polar surface area (TPSA) is 24.9 Å². The molecule has 0 aliphatic carbocycles. The second-order valence-corrected chi connectivity index (χ2v) is 20.7. The van der Waals surface area contributed by atoms with Crippen LogP contribution in [0.4, 0.5) is 34.1 Å². The molecule has 0 aromatic heterocycles. The lowest BCUT2D eigenvalue weighted by Gasteiger charge is -2.27. The smallest absolute Gasteiger partial charge is 0.119 e. The van der Waals surface area contributed by atoms with Gasteiger partial charge in [-0.1, -0.05) is 161 Å². The Morgan fingerprint density at radius 1 is 0.303 bits per heavy atom. The van der Waals surface area contributed by atoms with Gasteiger partial charge in [0.2, 0.25) is 0 Å². The summed E-state index contributed by atoms with van der Waals surface area (Å²) in [6, 6.07) is 81.1. The maximum absolute atomic E-state index is 5.96. The molecule has 0 spiro atoms. The molecule has 0 aliphatic heterocycles. The van der Waals surface area contributed by atoms with Gasteiger partial charge in [0.15, 0.2) is 0 Å². The first kappa shape index (κ1) is 46.9. The third-order valence-electron chi connectivity index (χ3n) is 15.7. The van der Waals surface area contributed by atoms with Crippen molar-refractivity contribution in [2.24, 2.45) is 0 Å². The van der Waals surface area contributed by atoms with E-state index in [1.807, 2.05) is 13.8 Å². The Labute approximate surface area is 445 Å². The first-order valence-electron chi connectivity index (χ1n) is 27.0. The molecule has 0 aliphatic rings. The molecule has 0 amide bonds. The molecule has 13 rings (SSSR count). The third-order valence-corrected chi connectivity index (χ3v) is 15.7. The Balaban J connectivity index is 1.14. The Morgan fingerprint density at radius 3 is 0.947 bits per heavy atom. The summed E-state index contributed by atoms with van der Waals surface area (Å²) < 4.78 is 11.9. The van der Waals surface area contributed by atoms with Crippen LogP contribution in [0, 0.1) is 0 Å². The summed E-state index contributed by atoms with van der Waals surface area (Å²) in [5.74, 6) is 2.58. The third kappa shape index (κ3) is 7.65. The average molecular weight is 985 g/mol. The van der Waals surface area contributed by atoms with Crippen LogP contribution in [0.2, 0.25) is 0 Å². The van der Waals surface area contributed by atoms with Crippen molar-refractivity contribution in [3.05, 3.63) is 230 Å². The fourth-order valence-electron chi connectivity index (χ4n) is 12.2. The summed E-state index contributed by atoms with van der Waals surface area (Å²) in [6.45, 7) is 14.3. The summed E-state index contributed by atoms with van der Waals surface area (Å²) in [5, 5.41) is 15.1. The van der Waals surface area contributed by atoms with E-state index in [1.54, 1.807) is 0 Å². The van der Waals surface area contributed by atoms with E-state index in [0.717, 1.165) is 45.6 Å². The molecule has 0 atom stereocenters. The van der Waals surface area contributed by atoms with Crippen LogP contribution in [-0.2, 0) is 0 Å². The van der Waals surface area contributed by atoms with Gasteiger partial charge in [-0.3, -0.25) is 0 Å². The predicted octanol–water partition coefficient (Wildman–Crippen LogP) is 20.8. The first-order valence-corrected chi connectivity index (χ1v) is 27.0. The molecule has 0 saturated carbocycles. The van der Waals surface area contributed by atoms with Crippen molar-refractivity contribution in [3.63, 3.8) is 0 Å². The molecule has 13 aromatic carbocycles. The van der Waals surface area contributed by atoms with Gasteiger partial charge in [-0.15, -0.1) is 0 Å². The fourth-order valence-corrected chi connectivity index (χ4v) is 12.2. The minimum atomic E-state index is 0.426. The van der Waals surface area contributed by atoms with E-state index in [-0.39, 0.29) is 0 Å². The van der Waals surface area contributed by atoms with E-state index in [4.69, 9.17) is 9.47 Å². The number of ether oxygens (including phenoxy) is 2. The Kier molecular flexibility index (Phi) is 11.8. The van der Waals surface area contributed by atoms with Crippen molar-refractivity contribution < 1.29 is 9.47 Å². The molecule has 0 heterocycles. The quantitative estimate of drug-likeness (QED) is 0.108. The van der Waals surface area contributed by atoms with Gasteiger partial charge >= 0.3 is 0 Å². The summed E-state index contributed by atoms with van der Waals surface area (Å²) in [5.41, 5.74) is 14.2. The van der Waals surface area contributed by atoms with Gasteiger partial charge in [-0.2, -0.15) is 0 Å². The molecule has 0 unspecified atom stereocenters. The standard InChI is InChI=1S/C72H60N2O2/c1-7-75-55-37-33-53(34-38-55)73(51-29-25-47(26-30-51)45(3)4)63-43-41-61-67-57(63)21-15-23-59(67)69-65(49-17-11-9-12-18-49)72-62-42-44-64(58-22-16-24-60(68(58)62)70(72)66(71(61)69)50-19-13-10-14-20-50)74(52-31-27-48(28-32-52)46(5)6)54-35-39-56(40-36-54)76-8-2/h9-46H,7-8H2,1-6H3. The molecule has 13 aromatic rings. The lowest BCUT2D eigenvalue weighted by molar-refractivity contribution is 0.340. The van der Waals surface area contributed by atoms with Crippen LogP contribution in [0.25, 0.3) is 86.9 Å². The first-order chi connectivity index (χ1) is 37.3. The molecular weight excluding hydrogens is 925 g/mol. The number of hydrogen-bond donors (Lipinski definition) is 0. The SMILES string of the molecule is CCOc1ccc(N(c2ccc(C(C)C)cc2)c2ccc3c4c(-c5ccccc5)c5c6cccc7c(N(c8ccc(OCC)cc8)c8ccc(C(C)C)cc8)ccc(c5c(-c5ccccc5)c4c4cccc2c43)c76)cc1. The second-order valence-electron chi connectivity index (χ2n) is 20.7. The van der Waals surface area contributed by atoms with Crippen molar-refractivity contribution in [2.75, 3.05) is 23.0 Å². The van der Waals surface area contributed by atoms with Crippen LogP contribution in [-0.4, -0.2) is 13.2 Å². The molecular formula is C72H60N2O2. The van der Waals surface area contributed by atoms with E-state index in [2.05, 4.69) is 256 Å². The van der Waals surface area contributed by atoms with Crippen LogP contribution in [0.5, 0.6) is 11.5 Å². The molecule has 0 bridgehead atoms. The van der Waals surface area contributed by atoms with Gasteiger partial charge in [-0.25, -0.2) is 0 Å². The largest absolute Gasteiger partial charge is 0.494 e. The number of nitrogens with zero attached hydrogens (tertiary/aromatic N) is 2. The Bertz CT molecular complexity index is 3870. The highest BCUT2D eigenvalue weighted by atomic mass is 16.5. The lowest BCUT2D eigenvalue weighted by atomic mass is 9.87. The van der Waals surface area contributed by atoms with Crippen molar-refractivity contribution in [2.45, 2.75) is 53.4 Å². The van der Waals surface area contributed by atoms with E-state index in [1.165, 1.54) is 98.0 Å². The van der Waals surface area contributed by atoms with E-state index in [0.29, 0.717) is 25.0 Å². The van der Waals surface area contributed by atoms with Crippen molar-refractivity contribution in [3.8, 4) is 33.8 Å². The van der Waals surface area contributed by atoms with Gasteiger partial charge < -0.3 is 19.3 Å². The van der Waals surface area contributed by atoms with Crippen LogP contribution < -0.4 is 19.3 Å². The molecule has 4 nitrogen and oxygen atoms in total. The monoisotopic (exact) mass is 984 g/mol. The minimum absolute atomic E-state index is 0.426. The van der Waals surface area contributed by atoms with Crippen molar-refractivity contribution >= 4 is 98.8 Å². The molecule has 0 fully saturated rings. The fraction of sp³-hybridized carbons (Fsp3) is 0.139. The van der Waals surface area contributed by atoms with Gasteiger partial charge in [-0.05, 0) is 198 Å². The minimum Gasteiger partial charge on any atom is -0.494 e. The summed E-state index contributed by atoms with van der Waals surface area (Å²) in [4.78, 5) is 4.84. The summed E-state index contributed by atoms with van der Waals surface area (Å²) >= 11 is 0. The second kappa shape index (κ2) is 19.1. The zero-order valence-electron chi connectivity index (χ0n) is 44.1. The predicted molar refractivity (Wildman–Crippen MR) is 325 cm³/mol. The lowest BCUT2D eigenvalue weighted by Crippen LogP contribution is -2.10. The molecule has 76 heavy (non-hydrogen) atoms. The molecule has 0 N–H and O–H groups in total. The maximum atomic E-state index is 5.96. The van der Waals surface area contributed by atoms with E-state index < -0.39 is 0 Å². The zero-order valence-corrected chi connectivity index (χ0v) is 44.1. The number of benzene rings is 11.